The van der Waals surface area contributed by atoms with Crippen molar-refractivity contribution in [3.05, 3.63) is 29.7 Å². The lowest BCUT2D eigenvalue weighted by atomic mass is 9.96. The van der Waals surface area contributed by atoms with Crippen molar-refractivity contribution < 1.29 is 18.0 Å². The number of nitrogens with one attached hydrogen (secondary N) is 1. The molecule has 1 aliphatic heterocycles. The van der Waals surface area contributed by atoms with Crippen LogP contribution in [-0.4, -0.2) is 44.0 Å². The van der Waals surface area contributed by atoms with Gasteiger partial charge >= 0.3 is 0 Å². The van der Waals surface area contributed by atoms with E-state index in [2.05, 4.69) is 11.9 Å². The molecule has 1 aliphatic rings. The van der Waals surface area contributed by atoms with Crippen LogP contribution in [0, 0.1) is 5.92 Å². The summed E-state index contributed by atoms with van der Waals surface area (Å²) >= 11 is 1.19. The van der Waals surface area contributed by atoms with Gasteiger partial charge in [-0.2, -0.15) is 0 Å². The zero-order chi connectivity index (χ0) is 17.7. The van der Waals surface area contributed by atoms with Crippen molar-refractivity contribution in [3.63, 3.8) is 0 Å². The van der Waals surface area contributed by atoms with Gasteiger partial charge in [0.25, 0.3) is 0 Å². The van der Waals surface area contributed by atoms with Crippen molar-refractivity contribution in [2.24, 2.45) is 5.92 Å². The SMILES string of the molecule is C=CC(=O)N1CCC(C(=O)NCc2ccc(S(=O)(=O)CC)s2)CC1. The molecule has 8 heteroatoms. The van der Waals surface area contributed by atoms with Crippen molar-refractivity contribution in [3.8, 4) is 0 Å². The normalized spacial score (nSPS) is 16.0. The van der Waals surface area contributed by atoms with E-state index in [1.807, 2.05) is 0 Å². The van der Waals surface area contributed by atoms with Crippen molar-refractivity contribution in [2.45, 2.75) is 30.5 Å². The van der Waals surface area contributed by atoms with E-state index in [1.54, 1.807) is 24.0 Å². The predicted molar refractivity (Wildman–Crippen MR) is 93.4 cm³/mol. The smallest absolute Gasteiger partial charge is 0.245 e. The van der Waals surface area contributed by atoms with Gasteiger partial charge in [-0.15, -0.1) is 11.3 Å². The zero-order valence-electron chi connectivity index (χ0n) is 13.7. The average molecular weight is 370 g/mol. The van der Waals surface area contributed by atoms with Crippen LogP contribution < -0.4 is 5.32 Å². The molecule has 0 bridgehead atoms. The zero-order valence-corrected chi connectivity index (χ0v) is 15.3. The number of hydrogen-bond acceptors (Lipinski definition) is 5. The fourth-order valence-electron chi connectivity index (χ4n) is 2.57. The van der Waals surface area contributed by atoms with Crippen LogP contribution in [0.3, 0.4) is 0 Å². The van der Waals surface area contributed by atoms with Crippen molar-refractivity contribution in [1.29, 1.82) is 0 Å². The first-order valence-corrected chi connectivity index (χ1v) is 10.3. The maximum atomic E-state index is 12.2. The molecule has 0 unspecified atom stereocenters. The Morgan fingerprint density at radius 1 is 1.38 bits per heavy atom. The van der Waals surface area contributed by atoms with Crippen LogP contribution in [0.5, 0.6) is 0 Å². The van der Waals surface area contributed by atoms with Gasteiger partial charge in [-0.3, -0.25) is 9.59 Å². The topological polar surface area (TPSA) is 83.6 Å². The van der Waals surface area contributed by atoms with E-state index in [4.69, 9.17) is 0 Å². The molecule has 1 fully saturated rings. The molecule has 1 aromatic rings. The van der Waals surface area contributed by atoms with Gasteiger partial charge in [-0.1, -0.05) is 13.5 Å². The van der Waals surface area contributed by atoms with Crippen LogP contribution in [0.2, 0.25) is 0 Å². The highest BCUT2D eigenvalue weighted by Crippen LogP contribution is 2.23. The van der Waals surface area contributed by atoms with Crippen molar-refractivity contribution in [2.75, 3.05) is 18.8 Å². The number of thiophene rings is 1. The monoisotopic (exact) mass is 370 g/mol. The molecular weight excluding hydrogens is 348 g/mol. The Morgan fingerprint density at radius 3 is 2.62 bits per heavy atom. The number of hydrogen-bond donors (Lipinski definition) is 1. The maximum absolute atomic E-state index is 12.2. The van der Waals surface area contributed by atoms with E-state index in [9.17, 15) is 18.0 Å². The summed E-state index contributed by atoms with van der Waals surface area (Å²) in [6.07, 6.45) is 2.55. The highest BCUT2D eigenvalue weighted by molar-refractivity contribution is 7.93. The summed E-state index contributed by atoms with van der Waals surface area (Å²) in [6, 6.07) is 3.32. The molecule has 2 rings (SSSR count). The van der Waals surface area contributed by atoms with Gasteiger partial charge in [0.2, 0.25) is 11.8 Å². The minimum absolute atomic E-state index is 0.0472. The van der Waals surface area contributed by atoms with Crippen LogP contribution >= 0.6 is 11.3 Å². The summed E-state index contributed by atoms with van der Waals surface area (Å²) in [5, 5.41) is 2.86. The number of rotatable bonds is 6. The molecule has 1 saturated heterocycles. The summed E-state index contributed by atoms with van der Waals surface area (Å²) in [6.45, 7) is 6.52. The Labute approximate surface area is 146 Å². The first-order valence-electron chi connectivity index (χ1n) is 7.88. The summed E-state index contributed by atoms with van der Waals surface area (Å²) in [4.78, 5) is 26.3. The molecule has 2 amide bonds. The number of carbonyl (C=O) groups is 2. The molecular formula is C16H22N2O4S2. The van der Waals surface area contributed by atoms with E-state index in [0.717, 1.165) is 4.88 Å². The molecule has 6 nitrogen and oxygen atoms in total. The molecule has 0 aromatic carbocycles. The fourth-order valence-corrected chi connectivity index (χ4v) is 4.99. The van der Waals surface area contributed by atoms with Gasteiger partial charge < -0.3 is 10.2 Å². The van der Waals surface area contributed by atoms with Crippen molar-refractivity contribution >= 4 is 33.0 Å². The largest absolute Gasteiger partial charge is 0.351 e. The molecule has 1 N–H and O–H groups in total. The summed E-state index contributed by atoms with van der Waals surface area (Å²) < 4.78 is 23.9. The average Bonchev–Trinajstić information content (AvgIpc) is 3.09. The second-order valence-electron chi connectivity index (χ2n) is 5.65. The van der Waals surface area contributed by atoms with Gasteiger partial charge in [0.1, 0.15) is 4.21 Å². The minimum atomic E-state index is -3.19. The Hall–Kier alpha value is -1.67. The second kappa shape index (κ2) is 7.94. The number of carbonyl (C=O) groups excluding carboxylic acids is 2. The van der Waals surface area contributed by atoms with Crippen molar-refractivity contribution in [1.82, 2.24) is 10.2 Å². The number of sulfone groups is 1. The van der Waals surface area contributed by atoms with E-state index in [-0.39, 0.29) is 23.5 Å². The van der Waals surface area contributed by atoms with E-state index < -0.39 is 9.84 Å². The summed E-state index contributed by atoms with van der Waals surface area (Å²) in [5.74, 6) is -0.190. The third-order valence-corrected chi connectivity index (χ3v) is 7.51. The van der Waals surface area contributed by atoms with Gasteiger partial charge in [0, 0.05) is 23.9 Å². The van der Waals surface area contributed by atoms with Gasteiger partial charge in [0.05, 0.1) is 12.3 Å². The third-order valence-electron chi connectivity index (χ3n) is 4.11. The molecule has 0 saturated carbocycles. The van der Waals surface area contributed by atoms with Gasteiger partial charge in [-0.25, -0.2) is 8.42 Å². The lowest BCUT2D eigenvalue weighted by Gasteiger charge is -2.30. The molecule has 132 valence electrons. The summed E-state index contributed by atoms with van der Waals surface area (Å²) in [7, 11) is -3.19. The minimum Gasteiger partial charge on any atom is -0.351 e. The highest BCUT2D eigenvalue weighted by atomic mass is 32.2. The highest BCUT2D eigenvalue weighted by Gasteiger charge is 2.26. The molecule has 2 heterocycles. The Morgan fingerprint density at radius 2 is 2.04 bits per heavy atom. The fraction of sp³-hybridized carbons (Fsp3) is 0.500. The Bertz CT molecular complexity index is 716. The van der Waals surface area contributed by atoms with E-state index in [0.29, 0.717) is 36.7 Å². The van der Waals surface area contributed by atoms with Crippen LogP contribution in [0.15, 0.2) is 29.0 Å². The summed E-state index contributed by atoms with van der Waals surface area (Å²) in [5.41, 5.74) is 0. The number of amides is 2. The number of nitrogens with zero attached hydrogens (tertiary/aromatic N) is 1. The van der Waals surface area contributed by atoms with E-state index >= 15 is 0 Å². The van der Waals surface area contributed by atoms with Crippen LogP contribution in [0.4, 0.5) is 0 Å². The predicted octanol–water partition coefficient (Wildman–Crippen LogP) is 1.58. The Balaban J connectivity index is 1.84. The third kappa shape index (κ3) is 4.45. The van der Waals surface area contributed by atoms with E-state index in [1.165, 1.54) is 17.4 Å². The van der Waals surface area contributed by atoms with Crippen LogP contribution in [0.1, 0.15) is 24.6 Å². The lowest BCUT2D eigenvalue weighted by Crippen LogP contribution is -2.42. The molecule has 24 heavy (non-hydrogen) atoms. The van der Waals surface area contributed by atoms with Gasteiger partial charge in [0.15, 0.2) is 9.84 Å². The first-order chi connectivity index (χ1) is 11.4. The van der Waals surface area contributed by atoms with Gasteiger partial charge in [-0.05, 0) is 31.1 Å². The first kappa shape index (κ1) is 18.7. The second-order valence-corrected chi connectivity index (χ2v) is 9.32. The molecule has 0 radical (unpaired) electrons. The maximum Gasteiger partial charge on any atom is 0.245 e. The Kier molecular flexibility index (Phi) is 6.17. The molecule has 1 aromatic heterocycles. The molecule has 0 aliphatic carbocycles. The quantitative estimate of drug-likeness (QED) is 0.771. The number of likely N-dealkylation sites (tertiary alicyclic amines) is 1. The molecule has 0 spiro atoms. The number of piperidine rings is 1. The molecule has 0 atom stereocenters. The lowest BCUT2D eigenvalue weighted by molar-refractivity contribution is -0.132. The van der Waals surface area contributed by atoms with Crippen LogP contribution in [-0.2, 0) is 26.0 Å². The standard InChI is InChI=1S/C16H22N2O4S2/c1-3-14(19)18-9-7-12(8-10-18)16(20)17-11-13-5-6-15(23-13)24(21,22)4-2/h3,5-6,12H,1,4,7-11H2,2H3,(H,17,20). The van der Waals surface area contributed by atoms with Crippen LogP contribution in [0.25, 0.3) is 0 Å².